The van der Waals surface area contributed by atoms with E-state index in [9.17, 15) is 0 Å². The largest absolute Gasteiger partial charge is 0.322 e. The van der Waals surface area contributed by atoms with Crippen molar-refractivity contribution < 1.29 is 0 Å². The quantitative estimate of drug-likeness (QED) is 0.418. The van der Waals surface area contributed by atoms with Gasteiger partial charge in [0.25, 0.3) is 0 Å². The van der Waals surface area contributed by atoms with Gasteiger partial charge in [-0.25, -0.2) is 4.98 Å². The molecule has 3 aromatic carbocycles. The average molecular weight is 420 g/mol. The number of hydrogen-bond donors (Lipinski definition) is 1. The number of rotatable bonds is 7. The maximum Gasteiger partial charge on any atom is 0.124 e. The molecule has 136 valence electrons. The van der Waals surface area contributed by atoms with Gasteiger partial charge in [0, 0.05) is 11.0 Å². The molecule has 4 aromatic rings. The molecule has 0 fully saturated rings. The van der Waals surface area contributed by atoms with Gasteiger partial charge in [0.05, 0.1) is 17.6 Å². The molecular formula is C23H22BrN3. The molecule has 1 aromatic heterocycles. The Kier molecular flexibility index (Phi) is 5.66. The number of hydrogen-bond acceptors (Lipinski definition) is 2. The van der Waals surface area contributed by atoms with Gasteiger partial charge >= 0.3 is 0 Å². The second-order valence-electron chi connectivity index (χ2n) is 6.64. The van der Waals surface area contributed by atoms with Gasteiger partial charge in [-0.2, -0.15) is 0 Å². The summed E-state index contributed by atoms with van der Waals surface area (Å²) >= 11 is 3.48. The second-order valence-corrected chi connectivity index (χ2v) is 7.56. The van der Waals surface area contributed by atoms with Crippen molar-refractivity contribution in [2.75, 3.05) is 6.54 Å². The number of fused-ring (bicyclic) bond motifs is 1. The van der Waals surface area contributed by atoms with E-state index in [1.165, 1.54) is 16.6 Å². The van der Waals surface area contributed by atoms with E-state index in [2.05, 4.69) is 98.6 Å². The predicted molar refractivity (Wildman–Crippen MR) is 115 cm³/mol. The third-order valence-electron chi connectivity index (χ3n) is 4.70. The van der Waals surface area contributed by atoms with Crippen LogP contribution >= 0.6 is 15.9 Å². The molecule has 0 aliphatic heterocycles. The van der Waals surface area contributed by atoms with Crippen LogP contribution in [0.25, 0.3) is 11.0 Å². The molecule has 0 aliphatic carbocycles. The molecule has 0 amide bonds. The molecule has 1 N–H and O–H groups in total. The number of imidazole rings is 1. The number of halogens is 1. The number of benzene rings is 3. The fourth-order valence-electron chi connectivity index (χ4n) is 3.29. The summed E-state index contributed by atoms with van der Waals surface area (Å²) in [6, 6.07) is 27.4. The van der Waals surface area contributed by atoms with Gasteiger partial charge in [-0.15, -0.1) is 0 Å². The lowest BCUT2D eigenvalue weighted by molar-refractivity contribution is 0.628. The van der Waals surface area contributed by atoms with Crippen LogP contribution in [0.4, 0.5) is 0 Å². The van der Waals surface area contributed by atoms with Gasteiger partial charge in [0.15, 0.2) is 0 Å². The van der Waals surface area contributed by atoms with Crippen molar-refractivity contribution in [2.24, 2.45) is 0 Å². The van der Waals surface area contributed by atoms with Crippen LogP contribution in [0.3, 0.4) is 0 Å². The molecule has 0 saturated carbocycles. The molecule has 0 bridgehead atoms. The zero-order valence-electron chi connectivity index (χ0n) is 15.1. The third-order valence-corrected chi connectivity index (χ3v) is 5.23. The Hall–Kier alpha value is -2.43. The fraction of sp³-hybridized carbons (Fsp3) is 0.174. The average Bonchev–Trinajstić information content (AvgIpc) is 3.05. The molecule has 0 saturated heterocycles. The van der Waals surface area contributed by atoms with Gasteiger partial charge in [0.2, 0.25) is 0 Å². The lowest BCUT2D eigenvalue weighted by atomic mass is 10.1. The minimum atomic E-state index is 0.762. The zero-order valence-corrected chi connectivity index (χ0v) is 16.7. The molecule has 0 radical (unpaired) electrons. The van der Waals surface area contributed by atoms with Crippen LogP contribution in [-0.2, 0) is 19.5 Å². The van der Waals surface area contributed by atoms with Crippen LogP contribution in [-0.4, -0.2) is 16.1 Å². The first-order valence-electron chi connectivity index (χ1n) is 9.23. The monoisotopic (exact) mass is 419 g/mol. The Morgan fingerprint density at radius 2 is 1.56 bits per heavy atom. The number of nitrogens with one attached hydrogen (secondary N) is 1. The highest BCUT2D eigenvalue weighted by atomic mass is 79.9. The Bertz CT molecular complexity index is 1010. The first-order chi connectivity index (χ1) is 13.3. The molecule has 0 unspecified atom stereocenters. The molecule has 1 heterocycles. The third kappa shape index (κ3) is 4.46. The summed E-state index contributed by atoms with van der Waals surface area (Å²) < 4.78 is 3.44. The maximum atomic E-state index is 4.86. The summed E-state index contributed by atoms with van der Waals surface area (Å²) in [6.07, 6.45) is 1.01. The number of para-hydroxylation sites is 2. The second kappa shape index (κ2) is 8.51. The molecule has 3 nitrogen and oxygen atoms in total. The molecule has 27 heavy (non-hydrogen) atoms. The van der Waals surface area contributed by atoms with E-state index < -0.39 is 0 Å². The van der Waals surface area contributed by atoms with Crippen LogP contribution in [0.1, 0.15) is 17.0 Å². The van der Waals surface area contributed by atoms with E-state index >= 15 is 0 Å². The van der Waals surface area contributed by atoms with E-state index in [-0.39, 0.29) is 0 Å². The molecule has 0 atom stereocenters. The fourth-order valence-corrected chi connectivity index (χ4v) is 3.55. The highest BCUT2D eigenvalue weighted by Gasteiger charge is 2.10. The van der Waals surface area contributed by atoms with E-state index in [0.717, 1.165) is 41.9 Å². The lowest BCUT2D eigenvalue weighted by Crippen LogP contribution is -2.20. The number of nitrogens with zero attached hydrogens (tertiary/aromatic N) is 2. The summed E-state index contributed by atoms with van der Waals surface area (Å²) in [4.78, 5) is 4.86. The van der Waals surface area contributed by atoms with E-state index in [1.54, 1.807) is 0 Å². The van der Waals surface area contributed by atoms with Gasteiger partial charge in [-0.1, -0.05) is 70.5 Å². The standard InChI is InChI=1S/C23H22BrN3/c24-20-12-10-18(11-13-20)14-15-25-16-23-26-21-8-4-5-9-22(21)27(23)17-19-6-2-1-3-7-19/h1-13,25H,14-17H2. The smallest absolute Gasteiger partial charge is 0.124 e. The Balaban J connectivity index is 1.47. The van der Waals surface area contributed by atoms with Crippen molar-refractivity contribution in [2.45, 2.75) is 19.5 Å². The summed E-state index contributed by atoms with van der Waals surface area (Å²) in [6.45, 7) is 2.53. The molecule has 4 rings (SSSR count). The first-order valence-corrected chi connectivity index (χ1v) is 10.0. The highest BCUT2D eigenvalue weighted by molar-refractivity contribution is 9.10. The topological polar surface area (TPSA) is 29.9 Å². The van der Waals surface area contributed by atoms with Crippen molar-refractivity contribution in [1.29, 1.82) is 0 Å². The van der Waals surface area contributed by atoms with Crippen LogP contribution in [0, 0.1) is 0 Å². The maximum absolute atomic E-state index is 4.86. The van der Waals surface area contributed by atoms with Crippen molar-refractivity contribution in [3.05, 3.63) is 100 Å². The van der Waals surface area contributed by atoms with Crippen LogP contribution in [0.2, 0.25) is 0 Å². The van der Waals surface area contributed by atoms with Gasteiger partial charge in [0.1, 0.15) is 5.82 Å². The molecule has 4 heteroatoms. The van der Waals surface area contributed by atoms with Crippen molar-refractivity contribution in [1.82, 2.24) is 14.9 Å². The van der Waals surface area contributed by atoms with E-state index in [4.69, 9.17) is 4.98 Å². The van der Waals surface area contributed by atoms with Gasteiger partial charge < -0.3 is 9.88 Å². The summed E-state index contributed by atoms with van der Waals surface area (Å²) in [5, 5.41) is 3.56. The zero-order chi connectivity index (χ0) is 18.5. The minimum Gasteiger partial charge on any atom is -0.322 e. The Morgan fingerprint density at radius 1 is 0.815 bits per heavy atom. The summed E-state index contributed by atoms with van der Waals surface area (Å²) in [5.41, 5.74) is 4.87. The van der Waals surface area contributed by atoms with Gasteiger partial charge in [-0.3, -0.25) is 0 Å². The van der Waals surface area contributed by atoms with E-state index in [1.807, 2.05) is 6.07 Å². The number of aromatic nitrogens is 2. The summed E-state index contributed by atoms with van der Waals surface area (Å²) in [5.74, 6) is 1.08. The predicted octanol–water partition coefficient (Wildman–Crippen LogP) is 5.18. The summed E-state index contributed by atoms with van der Waals surface area (Å²) in [7, 11) is 0. The normalized spacial score (nSPS) is 11.1. The Labute approximate surface area is 168 Å². The lowest BCUT2D eigenvalue weighted by Gasteiger charge is -2.10. The van der Waals surface area contributed by atoms with Crippen molar-refractivity contribution in [3.8, 4) is 0 Å². The van der Waals surface area contributed by atoms with Gasteiger partial charge in [-0.05, 0) is 48.4 Å². The Morgan fingerprint density at radius 3 is 2.37 bits per heavy atom. The first kappa shape index (κ1) is 18.0. The van der Waals surface area contributed by atoms with E-state index in [0.29, 0.717) is 0 Å². The molecule has 0 aliphatic rings. The van der Waals surface area contributed by atoms with Crippen molar-refractivity contribution >= 4 is 27.0 Å². The van der Waals surface area contributed by atoms with Crippen LogP contribution < -0.4 is 5.32 Å². The van der Waals surface area contributed by atoms with Crippen LogP contribution in [0.15, 0.2) is 83.3 Å². The molecule has 0 spiro atoms. The molecular weight excluding hydrogens is 398 g/mol. The van der Waals surface area contributed by atoms with Crippen molar-refractivity contribution in [3.63, 3.8) is 0 Å². The minimum absolute atomic E-state index is 0.762. The van der Waals surface area contributed by atoms with Crippen LogP contribution in [0.5, 0.6) is 0 Å². The SMILES string of the molecule is Brc1ccc(CCNCc2nc3ccccc3n2Cc2ccccc2)cc1. The highest BCUT2D eigenvalue weighted by Crippen LogP contribution is 2.18.